The molecule has 3 aliphatic heterocycles. The van der Waals surface area contributed by atoms with E-state index in [2.05, 4.69) is 47.4 Å². The van der Waals surface area contributed by atoms with E-state index in [0.717, 1.165) is 60.1 Å². The first kappa shape index (κ1) is 64.4. The van der Waals surface area contributed by atoms with Crippen LogP contribution in [0.5, 0.6) is 5.75 Å². The van der Waals surface area contributed by atoms with Crippen LogP contribution in [0.4, 0.5) is 0 Å². The fourth-order valence-corrected chi connectivity index (χ4v) is 10.3. The van der Waals surface area contributed by atoms with Gasteiger partial charge in [-0.1, -0.05) is 77.8 Å². The number of hydrogen-bond donors (Lipinski definition) is 15. The molecular formula is C52H88N10O15. The van der Waals surface area contributed by atoms with Crippen molar-refractivity contribution in [1.82, 2.24) is 41.3 Å². The second-order valence-electron chi connectivity index (χ2n) is 21.2. The normalized spacial score (nSPS) is 28.7. The number of carbonyl (C=O) groups excluding carboxylic acids is 7. The van der Waals surface area contributed by atoms with Gasteiger partial charge in [-0.3, -0.25) is 38.9 Å². The molecule has 0 unspecified atom stereocenters. The highest BCUT2D eigenvalue weighted by atomic mass is 16.3. The first-order valence-corrected chi connectivity index (χ1v) is 27.3. The van der Waals surface area contributed by atoms with E-state index in [1.165, 1.54) is 37.6 Å². The van der Waals surface area contributed by atoms with Crippen LogP contribution < -0.4 is 38.1 Å². The van der Waals surface area contributed by atoms with Gasteiger partial charge in [0.15, 0.2) is 6.23 Å². The Morgan fingerprint density at radius 3 is 1.97 bits per heavy atom. The number of phenols is 1. The summed E-state index contributed by atoms with van der Waals surface area (Å²) < 4.78 is 0. The molecule has 1 aromatic carbocycles. The van der Waals surface area contributed by atoms with E-state index in [0.29, 0.717) is 24.7 Å². The molecule has 0 aromatic heterocycles. The highest BCUT2D eigenvalue weighted by Crippen LogP contribution is 2.27. The van der Waals surface area contributed by atoms with Crippen molar-refractivity contribution in [1.29, 1.82) is 0 Å². The molecule has 25 heteroatoms. The van der Waals surface area contributed by atoms with Crippen molar-refractivity contribution in [2.45, 2.75) is 203 Å². The molecule has 0 aliphatic carbocycles. The molecule has 436 valence electrons. The lowest BCUT2D eigenvalue weighted by atomic mass is 9.91. The number of nitrogens with two attached hydrogens (primary N) is 2. The molecule has 7 amide bonds. The number of nitrogens with one attached hydrogen (secondary N) is 5. The van der Waals surface area contributed by atoms with Crippen LogP contribution >= 0.6 is 0 Å². The van der Waals surface area contributed by atoms with Gasteiger partial charge in [-0.05, 0) is 75.6 Å². The van der Waals surface area contributed by atoms with Crippen LogP contribution in [0.15, 0.2) is 24.3 Å². The molecule has 4 rings (SSSR count). The molecule has 16 atom stereocenters. The third kappa shape index (κ3) is 17.7. The molecule has 3 saturated heterocycles. The number of aromatic hydroxyl groups is 1. The molecule has 77 heavy (non-hydrogen) atoms. The van der Waals surface area contributed by atoms with E-state index in [-0.39, 0.29) is 56.8 Å². The van der Waals surface area contributed by atoms with E-state index >= 15 is 0 Å². The van der Waals surface area contributed by atoms with Gasteiger partial charge in [-0.15, -0.1) is 0 Å². The van der Waals surface area contributed by atoms with Crippen molar-refractivity contribution in [2.24, 2.45) is 23.3 Å². The maximum atomic E-state index is 14.7. The van der Waals surface area contributed by atoms with E-state index in [1.54, 1.807) is 0 Å². The Labute approximate surface area is 450 Å². The van der Waals surface area contributed by atoms with Gasteiger partial charge in [0.05, 0.1) is 24.4 Å². The van der Waals surface area contributed by atoms with Crippen molar-refractivity contribution >= 4 is 41.4 Å². The van der Waals surface area contributed by atoms with Crippen LogP contribution in [0.2, 0.25) is 0 Å². The summed E-state index contributed by atoms with van der Waals surface area (Å²) in [6.07, 6.45) is -7.48. The lowest BCUT2D eigenvalue weighted by Gasteiger charge is -2.39. The molecule has 25 nitrogen and oxygen atoms in total. The van der Waals surface area contributed by atoms with Gasteiger partial charge in [0.1, 0.15) is 60.4 Å². The number of phenolic OH excluding ortho intramolecular Hbond substituents is 1. The fourth-order valence-electron chi connectivity index (χ4n) is 10.3. The first-order valence-electron chi connectivity index (χ1n) is 27.3. The fraction of sp³-hybridized carbons (Fsp3) is 0.750. The average molecular weight is 1090 g/mol. The summed E-state index contributed by atoms with van der Waals surface area (Å²) in [5.41, 5.74) is 11.5. The number of nitrogens with zero attached hydrogens (tertiary/aromatic N) is 3. The quantitative estimate of drug-likeness (QED) is 0.0514. The second kappa shape index (κ2) is 30.9. The minimum absolute atomic E-state index is 0.0588. The average Bonchev–Trinajstić information content (AvgIpc) is 3.99. The summed E-state index contributed by atoms with van der Waals surface area (Å²) in [6, 6.07) is -6.46. The Morgan fingerprint density at radius 2 is 1.35 bits per heavy atom. The summed E-state index contributed by atoms with van der Waals surface area (Å²) in [7, 11) is 0. The lowest BCUT2D eigenvalue weighted by Crippen LogP contribution is -2.67. The molecule has 3 aliphatic rings. The molecule has 3 heterocycles. The first-order chi connectivity index (χ1) is 36.5. The van der Waals surface area contributed by atoms with E-state index in [1.807, 2.05) is 0 Å². The number of benzene rings is 1. The molecule has 3 fully saturated rings. The van der Waals surface area contributed by atoms with Crippen molar-refractivity contribution in [3.63, 3.8) is 0 Å². The van der Waals surface area contributed by atoms with Gasteiger partial charge in [0.2, 0.25) is 41.4 Å². The van der Waals surface area contributed by atoms with Crippen LogP contribution in [0.1, 0.15) is 130 Å². The zero-order valence-corrected chi connectivity index (χ0v) is 45.2. The zero-order chi connectivity index (χ0) is 57.3. The second-order valence-corrected chi connectivity index (χ2v) is 21.2. The Kier molecular flexibility index (Phi) is 25.9. The summed E-state index contributed by atoms with van der Waals surface area (Å²) in [4.78, 5) is 104. The predicted molar refractivity (Wildman–Crippen MR) is 280 cm³/mol. The molecular weight excluding hydrogens is 1000 g/mol. The van der Waals surface area contributed by atoms with Gasteiger partial charge in [-0.25, -0.2) is 0 Å². The number of unbranched alkanes of at least 4 members (excludes halogenated alkanes) is 5. The molecule has 0 saturated carbocycles. The van der Waals surface area contributed by atoms with Gasteiger partial charge < -0.3 is 88.3 Å². The van der Waals surface area contributed by atoms with Crippen LogP contribution in [0.25, 0.3) is 0 Å². The highest BCUT2D eigenvalue weighted by molar-refractivity contribution is 5.98. The number of amides is 7. The highest BCUT2D eigenvalue weighted by Gasteiger charge is 2.49. The monoisotopic (exact) mass is 1090 g/mol. The zero-order valence-electron chi connectivity index (χ0n) is 45.2. The Morgan fingerprint density at radius 1 is 0.740 bits per heavy atom. The number of hydrogen-bond acceptors (Lipinski definition) is 18. The number of aliphatic hydroxyl groups excluding tert-OH is 7. The smallest absolute Gasteiger partial charge is 0.248 e. The van der Waals surface area contributed by atoms with Crippen molar-refractivity contribution in [2.75, 3.05) is 32.7 Å². The third-order valence-electron chi connectivity index (χ3n) is 15.0. The van der Waals surface area contributed by atoms with Gasteiger partial charge in [0, 0.05) is 39.0 Å². The van der Waals surface area contributed by atoms with Crippen LogP contribution in [-0.2, 0) is 33.6 Å². The van der Waals surface area contributed by atoms with Crippen LogP contribution in [0, 0.1) is 11.8 Å². The molecule has 0 radical (unpaired) electrons. The van der Waals surface area contributed by atoms with Gasteiger partial charge in [0.25, 0.3) is 0 Å². The number of rotatable bonds is 22. The van der Waals surface area contributed by atoms with E-state index in [9.17, 15) is 74.4 Å². The SMILES string of the molecule is CC[C@H](C)C[C@H](C)CCCCCCCCC(=O)N1[C@@H](C)C(=O)N[C@@H]([C@@H](C)O)C(=O)N2C[C@H](O)C[C@H]2C(=O)N[C@@H]([C@H](O)[C@@H](O)c2ccc(O)cc2)C(=O)N[C@@H]([C@H](O)CCN)C(=O)N2CC[C@H](O)[C@H]2C(=O)N[C@H](NCCN)[C@@H]1O. The number of carbonyl (C=O) groups is 7. The summed E-state index contributed by atoms with van der Waals surface area (Å²) >= 11 is 0. The summed E-state index contributed by atoms with van der Waals surface area (Å²) in [6.45, 7) is 7.82. The minimum atomic E-state index is -2.28. The van der Waals surface area contributed by atoms with Crippen LogP contribution in [-0.4, -0.2) is 209 Å². The maximum absolute atomic E-state index is 14.7. The van der Waals surface area contributed by atoms with Gasteiger partial charge in [-0.2, -0.15) is 0 Å². The largest absolute Gasteiger partial charge is 0.508 e. The van der Waals surface area contributed by atoms with Crippen LogP contribution in [0.3, 0.4) is 0 Å². The number of aliphatic hydroxyl groups is 7. The standard InChI is InChI=1S/C52H88N10O15/c1-6-28(2)25-29(3)13-11-9-7-8-10-12-14-38(68)62-30(4)46(71)56-39(31(5)63)50(75)61-27-34(65)26-35(61)47(72)58-41(44(70)43(69)32-15-17-33(64)18-16-32)48(73)57-40(36(66)19-21-53)51(76)60-24-20-37(67)42(60)49(74)59-45(52(62)77)55-23-22-54/h15-18,28-31,34-37,39-45,52,55,63-67,69-70,77H,6-14,19-27,53-54H2,1-5H3,(H,56,71)(H,57,73)(H,58,72)(H,59,74)/t28-,29+,30-,31+,34+,35-,36+,37-,39-,40-,41-,42-,43-,44-,45-,52-/m0/s1. The number of fused-ring (bicyclic) bond motifs is 2. The predicted octanol–water partition coefficient (Wildman–Crippen LogP) is -3.01. The van der Waals surface area contributed by atoms with E-state index in [4.69, 9.17) is 11.5 Å². The topological polar surface area (TPSA) is 403 Å². The Bertz CT molecular complexity index is 2090. The Hall–Kier alpha value is -5.09. The van der Waals surface area contributed by atoms with Crippen molar-refractivity contribution in [3.8, 4) is 5.75 Å². The Balaban J connectivity index is 1.78. The molecule has 17 N–H and O–H groups in total. The summed E-state index contributed by atoms with van der Waals surface area (Å²) in [5.74, 6) is -6.70. The molecule has 0 spiro atoms. The van der Waals surface area contributed by atoms with E-state index < -0.39 is 140 Å². The van der Waals surface area contributed by atoms with Gasteiger partial charge >= 0.3 is 0 Å². The van der Waals surface area contributed by atoms with Crippen molar-refractivity contribution in [3.05, 3.63) is 29.8 Å². The maximum Gasteiger partial charge on any atom is 0.248 e. The molecule has 1 aromatic rings. The lowest BCUT2D eigenvalue weighted by molar-refractivity contribution is -0.158. The minimum Gasteiger partial charge on any atom is -0.508 e. The third-order valence-corrected chi connectivity index (χ3v) is 15.0. The molecule has 0 bridgehead atoms. The van der Waals surface area contributed by atoms with Crippen molar-refractivity contribution < 1.29 is 74.4 Å². The summed E-state index contributed by atoms with van der Waals surface area (Å²) in [5, 5.41) is 102.